The van der Waals surface area contributed by atoms with Crippen molar-refractivity contribution >= 4 is 0 Å². The fraction of sp³-hybridized carbons (Fsp3) is 1.00. The van der Waals surface area contributed by atoms with Crippen LogP contribution in [0.1, 0.15) is 40.0 Å². The van der Waals surface area contributed by atoms with Crippen molar-refractivity contribution in [3.8, 4) is 0 Å². The lowest BCUT2D eigenvalue weighted by Gasteiger charge is -2.17. The highest BCUT2D eigenvalue weighted by Gasteiger charge is 2.06. The zero-order chi connectivity index (χ0) is 12.9. The Bertz CT molecular complexity index is 152. The fourth-order valence-corrected chi connectivity index (χ4v) is 1.24. The molecule has 0 amide bonds. The molecule has 0 fully saturated rings. The summed E-state index contributed by atoms with van der Waals surface area (Å²) in [7, 11) is 0. The third-order valence-electron chi connectivity index (χ3n) is 2.32. The summed E-state index contributed by atoms with van der Waals surface area (Å²) in [6.07, 6.45) is 3.16. The number of rotatable bonds is 12. The summed E-state index contributed by atoms with van der Waals surface area (Å²) in [5.41, 5.74) is 0. The van der Waals surface area contributed by atoms with E-state index in [2.05, 4.69) is 6.92 Å². The zero-order valence-corrected chi connectivity index (χ0v) is 11.5. The summed E-state index contributed by atoms with van der Waals surface area (Å²) < 4.78 is 16.5. The van der Waals surface area contributed by atoms with E-state index in [0.717, 1.165) is 19.4 Å². The Morgan fingerprint density at radius 3 is 2.29 bits per heavy atom. The highest BCUT2D eigenvalue weighted by Crippen LogP contribution is 1.99. The maximum Gasteiger partial charge on any atom is 0.0781 e. The van der Waals surface area contributed by atoms with Gasteiger partial charge in [0.2, 0.25) is 0 Å². The van der Waals surface area contributed by atoms with Gasteiger partial charge in [-0.25, -0.2) is 0 Å². The van der Waals surface area contributed by atoms with Crippen LogP contribution < -0.4 is 0 Å². The van der Waals surface area contributed by atoms with Gasteiger partial charge in [0.05, 0.1) is 25.4 Å². The van der Waals surface area contributed by atoms with Gasteiger partial charge in [-0.1, -0.05) is 13.3 Å². The molecule has 0 heterocycles. The molecule has 0 aromatic heterocycles. The Balaban J connectivity index is 3.32. The SMILES string of the molecule is CCCCOC(C)COC(C)COCCCO. The zero-order valence-electron chi connectivity index (χ0n) is 11.5. The average molecular weight is 248 g/mol. The molecule has 4 heteroatoms. The molecule has 104 valence electrons. The van der Waals surface area contributed by atoms with Gasteiger partial charge in [0.25, 0.3) is 0 Å². The largest absolute Gasteiger partial charge is 0.396 e. The van der Waals surface area contributed by atoms with E-state index in [9.17, 15) is 0 Å². The summed E-state index contributed by atoms with van der Waals surface area (Å²) in [5.74, 6) is 0. The van der Waals surface area contributed by atoms with Crippen LogP contribution in [0.2, 0.25) is 0 Å². The molecule has 0 aliphatic rings. The summed E-state index contributed by atoms with van der Waals surface area (Å²) in [5, 5.41) is 8.58. The quantitative estimate of drug-likeness (QED) is 0.537. The van der Waals surface area contributed by atoms with Crippen LogP contribution in [-0.4, -0.2) is 50.3 Å². The van der Waals surface area contributed by atoms with E-state index in [0.29, 0.717) is 26.2 Å². The van der Waals surface area contributed by atoms with Crippen LogP contribution in [0.3, 0.4) is 0 Å². The van der Waals surface area contributed by atoms with Crippen molar-refractivity contribution in [2.24, 2.45) is 0 Å². The van der Waals surface area contributed by atoms with Crippen molar-refractivity contribution in [1.82, 2.24) is 0 Å². The van der Waals surface area contributed by atoms with Crippen molar-refractivity contribution in [2.75, 3.05) is 33.0 Å². The molecule has 0 bridgehead atoms. The maximum absolute atomic E-state index is 8.58. The van der Waals surface area contributed by atoms with Crippen molar-refractivity contribution in [1.29, 1.82) is 0 Å². The van der Waals surface area contributed by atoms with Gasteiger partial charge < -0.3 is 19.3 Å². The third-order valence-corrected chi connectivity index (χ3v) is 2.32. The van der Waals surface area contributed by atoms with Gasteiger partial charge in [-0.3, -0.25) is 0 Å². The second-order valence-electron chi connectivity index (χ2n) is 4.33. The molecule has 17 heavy (non-hydrogen) atoms. The molecule has 0 aromatic rings. The first-order valence-corrected chi connectivity index (χ1v) is 6.62. The molecule has 4 nitrogen and oxygen atoms in total. The minimum absolute atomic E-state index is 0.0749. The van der Waals surface area contributed by atoms with Crippen LogP contribution >= 0.6 is 0 Å². The molecule has 0 spiro atoms. The van der Waals surface area contributed by atoms with Crippen LogP contribution in [-0.2, 0) is 14.2 Å². The molecule has 0 aromatic carbocycles. The Hall–Kier alpha value is -0.160. The van der Waals surface area contributed by atoms with E-state index in [1.807, 2.05) is 13.8 Å². The molecule has 0 aliphatic heterocycles. The van der Waals surface area contributed by atoms with Crippen LogP contribution in [0, 0.1) is 0 Å². The van der Waals surface area contributed by atoms with Gasteiger partial charge in [0.1, 0.15) is 0 Å². The Morgan fingerprint density at radius 1 is 0.941 bits per heavy atom. The molecular formula is C13H28O4. The number of aliphatic hydroxyl groups is 1. The second kappa shape index (κ2) is 12.3. The van der Waals surface area contributed by atoms with E-state index in [4.69, 9.17) is 19.3 Å². The molecule has 2 unspecified atom stereocenters. The normalized spacial score (nSPS) is 14.8. The molecule has 0 rings (SSSR count). The Morgan fingerprint density at radius 2 is 1.65 bits per heavy atom. The van der Waals surface area contributed by atoms with Crippen LogP contribution in [0.5, 0.6) is 0 Å². The number of aliphatic hydroxyl groups excluding tert-OH is 1. The Kier molecular flexibility index (Phi) is 12.2. The molecule has 0 radical (unpaired) electrons. The topological polar surface area (TPSA) is 47.9 Å². The number of unbranched alkanes of at least 4 members (excludes halogenated alkanes) is 1. The van der Waals surface area contributed by atoms with Crippen LogP contribution in [0.4, 0.5) is 0 Å². The van der Waals surface area contributed by atoms with Crippen molar-refractivity contribution < 1.29 is 19.3 Å². The van der Waals surface area contributed by atoms with E-state index in [1.165, 1.54) is 0 Å². The van der Waals surface area contributed by atoms with E-state index < -0.39 is 0 Å². The standard InChI is InChI=1S/C13H28O4/c1-4-5-9-16-13(3)11-17-12(2)10-15-8-6-7-14/h12-14H,4-11H2,1-3H3. The molecule has 0 aliphatic carbocycles. The first-order valence-electron chi connectivity index (χ1n) is 6.62. The van der Waals surface area contributed by atoms with Gasteiger partial charge in [-0.2, -0.15) is 0 Å². The Labute approximate surface area is 105 Å². The fourth-order valence-electron chi connectivity index (χ4n) is 1.24. The van der Waals surface area contributed by atoms with Crippen LogP contribution in [0.25, 0.3) is 0 Å². The van der Waals surface area contributed by atoms with Gasteiger partial charge >= 0.3 is 0 Å². The lowest BCUT2D eigenvalue weighted by Crippen LogP contribution is -2.24. The van der Waals surface area contributed by atoms with E-state index in [1.54, 1.807) is 0 Å². The van der Waals surface area contributed by atoms with Gasteiger partial charge in [0, 0.05) is 19.8 Å². The monoisotopic (exact) mass is 248 g/mol. The highest BCUT2D eigenvalue weighted by molar-refractivity contribution is 4.52. The summed E-state index contributed by atoms with van der Waals surface area (Å²) in [6.45, 7) is 8.91. The molecule has 2 atom stereocenters. The van der Waals surface area contributed by atoms with Crippen molar-refractivity contribution in [2.45, 2.75) is 52.2 Å². The van der Waals surface area contributed by atoms with Crippen molar-refractivity contribution in [3.05, 3.63) is 0 Å². The van der Waals surface area contributed by atoms with Crippen molar-refractivity contribution in [3.63, 3.8) is 0 Å². The maximum atomic E-state index is 8.58. The predicted molar refractivity (Wildman–Crippen MR) is 68.3 cm³/mol. The lowest BCUT2D eigenvalue weighted by molar-refractivity contribution is -0.0581. The number of hydrogen-bond donors (Lipinski definition) is 1. The summed E-state index contributed by atoms with van der Waals surface area (Å²) in [6, 6.07) is 0. The number of ether oxygens (including phenoxy) is 3. The van der Waals surface area contributed by atoms with Gasteiger partial charge in [-0.15, -0.1) is 0 Å². The highest BCUT2D eigenvalue weighted by atomic mass is 16.6. The first kappa shape index (κ1) is 16.8. The van der Waals surface area contributed by atoms with E-state index >= 15 is 0 Å². The number of hydrogen-bond acceptors (Lipinski definition) is 4. The predicted octanol–water partition coefficient (Wildman–Crippen LogP) is 2.00. The molecule has 0 saturated carbocycles. The smallest absolute Gasteiger partial charge is 0.0781 e. The molecular weight excluding hydrogens is 220 g/mol. The minimum atomic E-state index is 0.0749. The average Bonchev–Trinajstić information content (AvgIpc) is 2.32. The van der Waals surface area contributed by atoms with E-state index in [-0.39, 0.29) is 18.8 Å². The first-order chi connectivity index (χ1) is 8.20. The van der Waals surface area contributed by atoms with Crippen LogP contribution in [0.15, 0.2) is 0 Å². The minimum Gasteiger partial charge on any atom is -0.396 e. The molecule has 0 saturated heterocycles. The second-order valence-corrected chi connectivity index (χ2v) is 4.33. The third kappa shape index (κ3) is 12.1. The van der Waals surface area contributed by atoms with Gasteiger partial charge in [-0.05, 0) is 26.7 Å². The summed E-state index contributed by atoms with van der Waals surface area (Å²) in [4.78, 5) is 0. The van der Waals surface area contributed by atoms with Gasteiger partial charge in [0.15, 0.2) is 0 Å². The lowest BCUT2D eigenvalue weighted by atomic mass is 10.3. The summed E-state index contributed by atoms with van der Waals surface area (Å²) >= 11 is 0. The molecule has 1 N–H and O–H groups in total.